The highest BCUT2D eigenvalue weighted by Crippen LogP contribution is 2.18. The van der Waals surface area contributed by atoms with Gasteiger partial charge in [0.25, 0.3) is 5.91 Å². The van der Waals surface area contributed by atoms with Crippen LogP contribution in [-0.4, -0.2) is 51.5 Å². The van der Waals surface area contributed by atoms with Crippen molar-refractivity contribution in [3.63, 3.8) is 0 Å². The topological polar surface area (TPSA) is 63.1 Å². The summed E-state index contributed by atoms with van der Waals surface area (Å²) in [7, 11) is 0. The number of nitrogens with zero attached hydrogens (tertiary/aromatic N) is 4. The zero-order valence-corrected chi connectivity index (χ0v) is 16.7. The number of amides is 1. The average molecular weight is 372 g/mol. The fourth-order valence-electron chi connectivity index (χ4n) is 3.40. The van der Waals surface area contributed by atoms with Gasteiger partial charge in [0.1, 0.15) is 0 Å². The molecule has 1 amide bonds. The summed E-state index contributed by atoms with van der Waals surface area (Å²) >= 11 is 0. The Morgan fingerprint density at radius 3 is 2.68 bits per heavy atom. The lowest BCUT2D eigenvalue weighted by Crippen LogP contribution is -2.39. The van der Waals surface area contributed by atoms with E-state index in [0.717, 1.165) is 64.6 Å². The third-order valence-corrected chi connectivity index (χ3v) is 4.91. The fraction of sp³-hybridized carbons (Fsp3) is 0.833. The molecule has 1 aromatic rings. The van der Waals surface area contributed by atoms with Gasteiger partial charge < -0.3 is 10.2 Å². The Balaban J connectivity index is 0.00000312. The number of unbranched alkanes of at least 4 members (excludes halogenated alkanes) is 2. The van der Waals surface area contributed by atoms with E-state index in [0.29, 0.717) is 11.7 Å². The Labute approximate surface area is 158 Å². The normalized spacial score (nSPS) is 16.3. The van der Waals surface area contributed by atoms with Crippen LogP contribution in [0.4, 0.5) is 0 Å². The highest BCUT2D eigenvalue weighted by molar-refractivity contribution is 5.92. The van der Waals surface area contributed by atoms with Gasteiger partial charge in [0.15, 0.2) is 5.69 Å². The summed E-state index contributed by atoms with van der Waals surface area (Å²) in [5, 5.41) is 11.8. The van der Waals surface area contributed by atoms with Crippen LogP contribution in [0.3, 0.4) is 0 Å². The van der Waals surface area contributed by atoms with Crippen molar-refractivity contribution in [1.29, 1.82) is 0 Å². The van der Waals surface area contributed by atoms with E-state index in [4.69, 9.17) is 0 Å². The molecule has 1 atom stereocenters. The van der Waals surface area contributed by atoms with Gasteiger partial charge in [-0.25, -0.2) is 4.68 Å². The predicted octanol–water partition coefficient (Wildman–Crippen LogP) is 3.45. The zero-order chi connectivity index (χ0) is 17.4. The zero-order valence-electron chi connectivity index (χ0n) is 15.9. The number of halogens is 1. The van der Waals surface area contributed by atoms with Gasteiger partial charge in [0.05, 0.1) is 12.2 Å². The van der Waals surface area contributed by atoms with Crippen molar-refractivity contribution >= 4 is 18.3 Å². The second-order valence-electron chi connectivity index (χ2n) is 6.91. The van der Waals surface area contributed by atoms with Crippen molar-refractivity contribution in [2.45, 2.75) is 77.8 Å². The average Bonchev–Trinajstić information content (AvgIpc) is 3.09. The molecule has 1 fully saturated rings. The largest absolute Gasteiger partial charge is 0.335 e. The lowest BCUT2D eigenvalue weighted by Gasteiger charge is -2.28. The molecule has 0 saturated carbocycles. The monoisotopic (exact) mass is 371 g/mol. The van der Waals surface area contributed by atoms with Crippen LogP contribution in [-0.2, 0) is 0 Å². The maximum absolute atomic E-state index is 12.9. The first-order valence-corrected chi connectivity index (χ1v) is 9.60. The number of carbonyl (C=O) groups excluding carboxylic acids is 1. The molecule has 0 aliphatic carbocycles. The second kappa shape index (κ2) is 11.5. The number of nitrogens with one attached hydrogen (secondary N) is 1. The molecule has 1 unspecified atom stereocenters. The summed E-state index contributed by atoms with van der Waals surface area (Å²) in [5.41, 5.74) is 0.494. The first-order valence-electron chi connectivity index (χ1n) is 9.60. The van der Waals surface area contributed by atoms with Gasteiger partial charge in [0, 0.05) is 12.6 Å². The molecule has 0 radical (unpaired) electrons. The van der Waals surface area contributed by atoms with E-state index < -0.39 is 0 Å². The molecule has 25 heavy (non-hydrogen) atoms. The molecule has 7 heteroatoms. The minimum atomic E-state index is 0. The molecule has 1 aliphatic rings. The Morgan fingerprint density at radius 1 is 1.32 bits per heavy atom. The summed E-state index contributed by atoms with van der Waals surface area (Å²) in [5.74, 6) is 0.0345. The summed E-state index contributed by atoms with van der Waals surface area (Å²) in [6, 6.07) is 0.616. The summed E-state index contributed by atoms with van der Waals surface area (Å²) in [6.07, 6.45) is 9.43. The van der Waals surface area contributed by atoms with E-state index in [2.05, 4.69) is 36.4 Å². The molecule has 2 rings (SSSR count). The van der Waals surface area contributed by atoms with Gasteiger partial charge >= 0.3 is 0 Å². The molecule has 2 heterocycles. The quantitative estimate of drug-likeness (QED) is 0.675. The molecular weight excluding hydrogens is 338 g/mol. The summed E-state index contributed by atoms with van der Waals surface area (Å²) in [6.45, 7) is 9.32. The maximum Gasteiger partial charge on any atom is 0.276 e. The standard InChI is InChI=1S/C18H33N5O.ClH/c1-4-6-7-13-22(15(3)8-5-2)18(24)17-14-23(21-20-17)16-9-11-19-12-10-16;/h14-16,19H,4-13H2,1-3H3;1H. The van der Waals surface area contributed by atoms with Crippen molar-refractivity contribution in [2.75, 3.05) is 19.6 Å². The van der Waals surface area contributed by atoms with Gasteiger partial charge in [-0.2, -0.15) is 0 Å². The molecule has 6 nitrogen and oxygen atoms in total. The van der Waals surface area contributed by atoms with E-state index in [9.17, 15) is 4.79 Å². The van der Waals surface area contributed by atoms with Crippen molar-refractivity contribution in [3.8, 4) is 0 Å². The van der Waals surface area contributed by atoms with Gasteiger partial charge in [0.2, 0.25) is 0 Å². The van der Waals surface area contributed by atoms with Crippen molar-refractivity contribution in [1.82, 2.24) is 25.2 Å². The Kier molecular flexibility index (Phi) is 10.0. The number of carbonyl (C=O) groups is 1. The minimum Gasteiger partial charge on any atom is -0.335 e. The van der Waals surface area contributed by atoms with Gasteiger partial charge in [-0.15, -0.1) is 17.5 Å². The number of rotatable bonds is 9. The van der Waals surface area contributed by atoms with E-state index in [1.165, 1.54) is 0 Å². The van der Waals surface area contributed by atoms with Crippen LogP contribution in [0.15, 0.2) is 6.20 Å². The fourth-order valence-corrected chi connectivity index (χ4v) is 3.40. The molecule has 0 aromatic carbocycles. The van der Waals surface area contributed by atoms with Crippen LogP contribution in [0, 0.1) is 0 Å². The van der Waals surface area contributed by atoms with Crippen LogP contribution in [0.25, 0.3) is 0 Å². The highest BCUT2D eigenvalue weighted by Gasteiger charge is 2.24. The SMILES string of the molecule is CCCCCN(C(=O)c1cn(C2CCNCC2)nn1)C(C)CCC.Cl. The number of piperidine rings is 1. The van der Waals surface area contributed by atoms with Crippen LogP contribution >= 0.6 is 12.4 Å². The summed E-state index contributed by atoms with van der Waals surface area (Å²) in [4.78, 5) is 14.9. The molecular formula is C18H34ClN5O. The van der Waals surface area contributed by atoms with Gasteiger partial charge in [-0.05, 0) is 45.7 Å². The Hall–Kier alpha value is -1.14. The molecule has 1 N–H and O–H groups in total. The van der Waals surface area contributed by atoms with Crippen molar-refractivity contribution in [2.24, 2.45) is 0 Å². The predicted molar refractivity (Wildman–Crippen MR) is 103 cm³/mol. The van der Waals surface area contributed by atoms with E-state index in [1.54, 1.807) is 0 Å². The number of hydrogen-bond acceptors (Lipinski definition) is 4. The van der Waals surface area contributed by atoms with Gasteiger partial charge in [-0.3, -0.25) is 4.79 Å². The molecule has 144 valence electrons. The van der Waals surface area contributed by atoms with Crippen molar-refractivity contribution in [3.05, 3.63) is 11.9 Å². The molecule has 1 aromatic heterocycles. The lowest BCUT2D eigenvalue weighted by atomic mass is 10.1. The Bertz CT molecular complexity index is 501. The van der Waals surface area contributed by atoms with E-state index >= 15 is 0 Å². The van der Waals surface area contributed by atoms with E-state index in [1.807, 2.05) is 15.8 Å². The van der Waals surface area contributed by atoms with Crippen LogP contribution in [0.5, 0.6) is 0 Å². The molecule has 0 bridgehead atoms. The first kappa shape index (κ1) is 21.9. The lowest BCUT2D eigenvalue weighted by molar-refractivity contribution is 0.0673. The number of hydrogen-bond donors (Lipinski definition) is 1. The van der Waals surface area contributed by atoms with E-state index in [-0.39, 0.29) is 24.4 Å². The second-order valence-corrected chi connectivity index (χ2v) is 6.91. The minimum absolute atomic E-state index is 0. The molecule has 1 aliphatic heterocycles. The van der Waals surface area contributed by atoms with Crippen LogP contribution in [0.1, 0.15) is 82.2 Å². The van der Waals surface area contributed by atoms with Crippen LogP contribution < -0.4 is 5.32 Å². The highest BCUT2D eigenvalue weighted by atomic mass is 35.5. The molecule has 1 saturated heterocycles. The first-order chi connectivity index (χ1) is 11.7. The maximum atomic E-state index is 12.9. The van der Waals surface area contributed by atoms with Crippen LogP contribution in [0.2, 0.25) is 0 Å². The third-order valence-electron chi connectivity index (χ3n) is 4.91. The number of aromatic nitrogens is 3. The Morgan fingerprint density at radius 2 is 2.04 bits per heavy atom. The smallest absolute Gasteiger partial charge is 0.276 e. The van der Waals surface area contributed by atoms with Gasteiger partial charge in [-0.1, -0.05) is 38.3 Å². The summed E-state index contributed by atoms with van der Waals surface area (Å²) < 4.78 is 1.89. The van der Waals surface area contributed by atoms with Crippen molar-refractivity contribution < 1.29 is 4.79 Å². The molecule has 0 spiro atoms. The third kappa shape index (κ3) is 6.26.